The third-order valence-electron chi connectivity index (χ3n) is 9.73. The number of fused-ring (bicyclic) bond motifs is 4. The van der Waals surface area contributed by atoms with Crippen LogP contribution < -0.4 is 20.7 Å². The predicted molar refractivity (Wildman–Crippen MR) is 169 cm³/mol. The zero-order valence-electron chi connectivity index (χ0n) is 26.2. The van der Waals surface area contributed by atoms with Crippen molar-refractivity contribution < 1.29 is 29.0 Å². The van der Waals surface area contributed by atoms with Crippen molar-refractivity contribution >= 4 is 23.6 Å². The Labute approximate surface area is 265 Å². The van der Waals surface area contributed by atoms with Crippen LogP contribution in [-0.2, 0) is 32.1 Å². The maximum atomic E-state index is 13.9. The first-order chi connectivity index (χ1) is 21.8. The van der Waals surface area contributed by atoms with E-state index in [-0.39, 0.29) is 37.3 Å². The van der Waals surface area contributed by atoms with Crippen LogP contribution in [0.25, 0.3) is 0 Å². The van der Waals surface area contributed by atoms with Crippen molar-refractivity contribution in [1.82, 2.24) is 20.9 Å². The number of aliphatic hydroxyl groups is 1. The van der Waals surface area contributed by atoms with Crippen molar-refractivity contribution in [3.05, 3.63) is 65.2 Å². The van der Waals surface area contributed by atoms with Gasteiger partial charge in [-0.1, -0.05) is 42.8 Å². The van der Waals surface area contributed by atoms with Gasteiger partial charge in [-0.3, -0.25) is 19.2 Å². The van der Waals surface area contributed by atoms with Crippen LogP contribution in [0.1, 0.15) is 68.1 Å². The van der Waals surface area contributed by atoms with Gasteiger partial charge in [-0.15, -0.1) is 0 Å². The van der Waals surface area contributed by atoms with Crippen LogP contribution in [0.2, 0.25) is 0 Å². The lowest BCUT2D eigenvalue weighted by Gasteiger charge is -2.39. The molecule has 1 aliphatic carbocycles. The Hall–Kier alpha value is -3.92. The van der Waals surface area contributed by atoms with E-state index < -0.39 is 29.3 Å². The van der Waals surface area contributed by atoms with Crippen molar-refractivity contribution in [1.29, 1.82) is 0 Å². The molecule has 1 unspecified atom stereocenters. The maximum absolute atomic E-state index is 13.9. The van der Waals surface area contributed by atoms with Gasteiger partial charge in [-0.05, 0) is 86.6 Å². The SMILES string of the molecule is Cc1ccc2cc1CNC(=O)[C@H](CCc1ccccc1)NC(=O)[C@@H](NC(=O)C1(CO)CCC1)CC(=O)N1CCCC(CCO2)C1. The van der Waals surface area contributed by atoms with E-state index in [1.165, 1.54) is 0 Å². The first kappa shape index (κ1) is 32.5. The highest BCUT2D eigenvalue weighted by molar-refractivity contribution is 5.96. The summed E-state index contributed by atoms with van der Waals surface area (Å²) in [5.74, 6) is -0.592. The zero-order chi connectivity index (χ0) is 31.8. The monoisotopic (exact) mass is 618 g/mol. The van der Waals surface area contributed by atoms with Crippen LogP contribution in [0.5, 0.6) is 5.75 Å². The Morgan fingerprint density at radius 3 is 2.60 bits per heavy atom. The first-order valence-corrected chi connectivity index (χ1v) is 16.3. The summed E-state index contributed by atoms with van der Waals surface area (Å²) in [6, 6.07) is 13.5. The number of nitrogens with zero attached hydrogens (tertiary/aromatic N) is 1. The second-order valence-electron chi connectivity index (χ2n) is 12.9. The van der Waals surface area contributed by atoms with Gasteiger partial charge in [0.2, 0.25) is 23.6 Å². The minimum Gasteiger partial charge on any atom is -0.494 e. The number of aliphatic hydroxyl groups excluding tert-OH is 1. The van der Waals surface area contributed by atoms with Crippen molar-refractivity contribution in [2.45, 2.75) is 83.3 Å². The van der Waals surface area contributed by atoms with E-state index in [0.29, 0.717) is 45.4 Å². The summed E-state index contributed by atoms with van der Waals surface area (Å²) >= 11 is 0. The van der Waals surface area contributed by atoms with Gasteiger partial charge in [0.1, 0.15) is 17.8 Å². The number of nitrogens with one attached hydrogen (secondary N) is 3. The first-order valence-electron chi connectivity index (χ1n) is 16.3. The highest BCUT2D eigenvalue weighted by Crippen LogP contribution is 2.40. The van der Waals surface area contributed by atoms with E-state index in [9.17, 15) is 24.3 Å². The topological polar surface area (TPSA) is 137 Å². The van der Waals surface area contributed by atoms with Crippen molar-refractivity contribution in [3.8, 4) is 5.75 Å². The number of aryl methyl sites for hydroxylation is 2. The molecular weight excluding hydrogens is 572 g/mol. The molecule has 4 bridgehead atoms. The molecule has 242 valence electrons. The Kier molecular flexibility index (Phi) is 10.8. The van der Waals surface area contributed by atoms with Gasteiger partial charge in [0, 0.05) is 19.6 Å². The average molecular weight is 619 g/mol. The lowest BCUT2D eigenvalue weighted by atomic mass is 9.68. The number of amides is 4. The molecule has 2 aromatic carbocycles. The second-order valence-corrected chi connectivity index (χ2v) is 12.9. The van der Waals surface area contributed by atoms with Crippen LogP contribution in [0, 0.1) is 18.3 Å². The van der Waals surface area contributed by atoms with Crippen LogP contribution in [-0.4, -0.2) is 72.0 Å². The standard InChI is InChI=1S/C35H46N4O6/c1-24-10-12-28-19-27(24)21-36-32(42)29(13-11-25-7-3-2-4-8-25)37-33(43)30(38-34(44)35(23-40)15-6-16-35)20-31(41)39-17-5-9-26(22-39)14-18-45-28/h2-4,7-8,10,12,19,26,29-30,40H,5-6,9,11,13-18,20-23H2,1H3,(H,36,42)(H,37,43)(H,38,44)/t26?,29-,30-/m0/s1. The fraction of sp³-hybridized carbons (Fsp3) is 0.543. The molecule has 0 aromatic heterocycles. The van der Waals surface area contributed by atoms with Gasteiger partial charge in [0.15, 0.2) is 0 Å². The van der Waals surface area contributed by atoms with Gasteiger partial charge in [0.05, 0.1) is 25.0 Å². The molecule has 10 heteroatoms. The van der Waals surface area contributed by atoms with Gasteiger partial charge >= 0.3 is 0 Å². The Bertz CT molecular complexity index is 1360. The molecule has 2 heterocycles. The molecular formula is C35H46N4O6. The zero-order valence-corrected chi connectivity index (χ0v) is 26.2. The number of carbonyl (C=O) groups is 4. The molecule has 0 radical (unpaired) electrons. The van der Waals surface area contributed by atoms with E-state index in [1.807, 2.05) is 55.5 Å². The predicted octanol–water partition coefficient (Wildman–Crippen LogP) is 2.79. The van der Waals surface area contributed by atoms with Gasteiger partial charge in [-0.2, -0.15) is 0 Å². The van der Waals surface area contributed by atoms with E-state index in [2.05, 4.69) is 16.0 Å². The molecule has 5 rings (SSSR count). The number of hydrogen-bond acceptors (Lipinski definition) is 6. The van der Waals surface area contributed by atoms with Crippen LogP contribution in [0.4, 0.5) is 0 Å². The smallest absolute Gasteiger partial charge is 0.243 e. The third kappa shape index (κ3) is 8.22. The lowest BCUT2D eigenvalue weighted by Crippen LogP contribution is -2.58. The van der Waals surface area contributed by atoms with Crippen molar-refractivity contribution in [2.75, 3.05) is 26.3 Å². The van der Waals surface area contributed by atoms with Gasteiger partial charge in [0.25, 0.3) is 0 Å². The molecule has 3 aliphatic rings. The fourth-order valence-corrected chi connectivity index (χ4v) is 6.49. The fourth-order valence-electron chi connectivity index (χ4n) is 6.49. The third-order valence-corrected chi connectivity index (χ3v) is 9.73. The highest BCUT2D eigenvalue weighted by atomic mass is 16.5. The summed E-state index contributed by atoms with van der Waals surface area (Å²) in [4.78, 5) is 56.2. The highest BCUT2D eigenvalue weighted by Gasteiger charge is 2.45. The normalized spacial score (nSPS) is 24.2. The summed E-state index contributed by atoms with van der Waals surface area (Å²) in [5.41, 5.74) is 2.01. The van der Waals surface area contributed by atoms with Crippen LogP contribution in [0.3, 0.4) is 0 Å². The molecule has 0 spiro atoms. The van der Waals surface area contributed by atoms with E-state index >= 15 is 0 Å². The number of benzene rings is 2. The molecule has 4 N–H and O–H groups in total. The number of carbonyl (C=O) groups excluding carboxylic acids is 4. The minimum atomic E-state index is -1.18. The molecule has 4 amide bonds. The average Bonchev–Trinajstić information content (AvgIpc) is 3.02. The van der Waals surface area contributed by atoms with E-state index in [1.54, 1.807) is 4.90 Å². The molecule has 2 fully saturated rings. The Morgan fingerprint density at radius 2 is 1.87 bits per heavy atom. The largest absolute Gasteiger partial charge is 0.494 e. The van der Waals surface area contributed by atoms with E-state index in [4.69, 9.17) is 4.74 Å². The minimum absolute atomic E-state index is 0.220. The molecule has 1 saturated carbocycles. The second kappa shape index (κ2) is 14.9. The molecule has 1 saturated heterocycles. The van der Waals surface area contributed by atoms with Gasteiger partial charge < -0.3 is 30.7 Å². The molecule has 3 atom stereocenters. The quantitative estimate of drug-likeness (QED) is 0.393. The Balaban J connectivity index is 1.41. The summed E-state index contributed by atoms with van der Waals surface area (Å²) in [6.07, 6.45) is 5.13. The molecule has 45 heavy (non-hydrogen) atoms. The van der Waals surface area contributed by atoms with Crippen LogP contribution >= 0.6 is 0 Å². The number of ether oxygens (including phenoxy) is 1. The summed E-state index contributed by atoms with van der Waals surface area (Å²) < 4.78 is 6.09. The Morgan fingerprint density at radius 1 is 1.07 bits per heavy atom. The number of piperidine rings is 1. The molecule has 2 aromatic rings. The summed E-state index contributed by atoms with van der Waals surface area (Å²) in [5, 5.41) is 18.7. The van der Waals surface area contributed by atoms with E-state index in [0.717, 1.165) is 48.1 Å². The number of rotatable bonds is 6. The summed E-state index contributed by atoms with van der Waals surface area (Å²) in [7, 11) is 0. The van der Waals surface area contributed by atoms with Gasteiger partial charge in [-0.25, -0.2) is 0 Å². The number of hydrogen-bond donors (Lipinski definition) is 4. The maximum Gasteiger partial charge on any atom is 0.243 e. The van der Waals surface area contributed by atoms with Crippen LogP contribution in [0.15, 0.2) is 48.5 Å². The molecule has 10 nitrogen and oxygen atoms in total. The molecule has 2 aliphatic heterocycles. The van der Waals surface area contributed by atoms with Crippen molar-refractivity contribution in [3.63, 3.8) is 0 Å². The lowest BCUT2D eigenvalue weighted by molar-refractivity contribution is -0.144. The summed E-state index contributed by atoms with van der Waals surface area (Å²) in [6.45, 7) is 3.57. The van der Waals surface area contributed by atoms with Crippen molar-refractivity contribution in [2.24, 2.45) is 11.3 Å².